The molecule has 0 aliphatic rings. The van der Waals surface area contributed by atoms with E-state index in [0.717, 1.165) is 21.0 Å². The van der Waals surface area contributed by atoms with Gasteiger partial charge in [0.25, 0.3) is 10.0 Å². The van der Waals surface area contributed by atoms with E-state index in [1.165, 1.54) is 17.0 Å². The Balaban J connectivity index is 1.82. The molecule has 1 N–H and O–H groups in total. The average molecular weight is 618 g/mol. The number of benzene rings is 4. The molecule has 9 heteroatoms. The van der Waals surface area contributed by atoms with Crippen LogP contribution in [0.2, 0.25) is 5.02 Å². The summed E-state index contributed by atoms with van der Waals surface area (Å²) in [6, 6.07) is 30.8. The molecule has 0 radical (unpaired) electrons. The molecule has 0 aliphatic heterocycles. The van der Waals surface area contributed by atoms with Gasteiger partial charge in [-0.15, -0.1) is 0 Å². The van der Waals surface area contributed by atoms with E-state index in [2.05, 4.69) is 5.32 Å². The normalized spacial score (nSPS) is 11.9. The first-order chi connectivity index (χ1) is 20.7. The zero-order valence-electron chi connectivity index (χ0n) is 24.3. The molecular formula is C34H36ClN3O4S. The van der Waals surface area contributed by atoms with Gasteiger partial charge in [0.05, 0.1) is 10.6 Å². The van der Waals surface area contributed by atoms with Gasteiger partial charge in [0.15, 0.2) is 0 Å². The minimum Gasteiger partial charge on any atom is -0.355 e. The third-order valence-electron chi connectivity index (χ3n) is 7.12. The number of anilines is 1. The van der Waals surface area contributed by atoms with Gasteiger partial charge in [0, 0.05) is 24.5 Å². The molecule has 0 heterocycles. The molecule has 0 spiro atoms. The van der Waals surface area contributed by atoms with Crippen LogP contribution in [0.4, 0.5) is 5.69 Å². The Hall–Kier alpha value is -4.14. The van der Waals surface area contributed by atoms with Crippen molar-refractivity contribution in [2.75, 3.05) is 17.4 Å². The molecule has 4 aromatic rings. The summed E-state index contributed by atoms with van der Waals surface area (Å²) >= 11 is 6.28. The molecular weight excluding hydrogens is 582 g/mol. The number of carbonyl (C=O) groups is 2. The highest BCUT2D eigenvalue weighted by atomic mass is 35.5. The molecule has 4 rings (SSSR count). The summed E-state index contributed by atoms with van der Waals surface area (Å²) in [5.74, 6) is -0.842. The predicted molar refractivity (Wildman–Crippen MR) is 171 cm³/mol. The number of rotatable bonds is 13. The number of sulfonamides is 1. The Kier molecular flexibility index (Phi) is 11.0. The number of hydrogen-bond donors (Lipinski definition) is 1. The van der Waals surface area contributed by atoms with E-state index >= 15 is 0 Å². The lowest BCUT2D eigenvalue weighted by Gasteiger charge is -2.34. The number of aryl methyl sites for hydroxylation is 1. The van der Waals surface area contributed by atoms with Crippen LogP contribution in [0.3, 0.4) is 0 Å². The maximum atomic E-state index is 14.4. The highest BCUT2D eigenvalue weighted by Gasteiger charge is 2.35. The molecule has 4 aromatic carbocycles. The Morgan fingerprint density at radius 3 is 2.09 bits per heavy atom. The number of hydrogen-bond acceptors (Lipinski definition) is 4. The number of likely N-dealkylation sites (N-methyl/N-ethyl adjacent to an activating group) is 1. The van der Waals surface area contributed by atoms with Gasteiger partial charge in [0.1, 0.15) is 12.6 Å². The summed E-state index contributed by atoms with van der Waals surface area (Å²) in [6.07, 6.45) is 0.808. The first-order valence-electron chi connectivity index (χ1n) is 14.3. The predicted octanol–water partition coefficient (Wildman–Crippen LogP) is 5.87. The SMILES string of the molecule is CCNC(=O)[C@H](Cc1ccccc1)N(Cc1cccc(Cl)c1)C(=O)CN(c1ccccc1CC)S(=O)(=O)c1ccccc1. The van der Waals surface area contributed by atoms with Crippen LogP contribution in [0.5, 0.6) is 0 Å². The summed E-state index contributed by atoms with van der Waals surface area (Å²) in [4.78, 5) is 29.5. The van der Waals surface area contributed by atoms with Gasteiger partial charge in [-0.3, -0.25) is 13.9 Å². The molecule has 0 aliphatic carbocycles. The zero-order chi connectivity index (χ0) is 30.8. The van der Waals surface area contributed by atoms with E-state index in [0.29, 0.717) is 23.7 Å². The summed E-state index contributed by atoms with van der Waals surface area (Å²) in [7, 11) is -4.15. The van der Waals surface area contributed by atoms with Crippen molar-refractivity contribution in [2.24, 2.45) is 0 Å². The van der Waals surface area contributed by atoms with Crippen molar-refractivity contribution in [3.05, 3.63) is 131 Å². The highest BCUT2D eigenvalue weighted by Crippen LogP contribution is 2.28. The van der Waals surface area contributed by atoms with Gasteiger partial charge in [-0.2, -0.15) is 0 Å². The Morgan fingerprint density at radius 2 is 1.44 bits per heavy atom. The largest absolute Gasteiger partial charge is 0.355 e. The first-order valence-corrected chi connectivity index (χ1v) is 16.1. The van der Waals surface area contributed by atoms with Gasteiger partial charge in [-0.05, 0) is 60.4 Å². The fourth-order valence-electron chi connectivity index (χ4n) is 4.96. The fraction of sp³-hybridized carbons (Fsp3) is 0.235. The topological polar surface area (TPSA) is 86.8 Å². The van der Waals surface area contributed by atoms with E-state index in [-0.39, 0.29) is 23.8 Å². The van der Waals surface area contributed by atoms with Crippen molar-refractivity contribution < 1.29 is 18.0 Å². The maximum absolute atomic E-state index is 14.4. The monoisotopic (exact) mass is 617 g/mol. The van der Waals surface area contributed by atoms with Crippen LogP contribution >= 0.6 is 11.6 Å². The molecule has 0 aromatic heterocycles. The second kappa shape index (κ2) is 14.8. The molecule has 0 unspecified atom stereocenters. The van der Waals surface area contributed by atoms with E-state index in [9.17, 15) is 18.0 Å². The minimum atomic E-state index is -4.15. The number of nitrogens with one attached hydrogen (secondary N) is 1. The Bertz CT molecular complexity index is 1630. The molecule has 0 bridgehead atoms. The molecule has 43 heavy (non-hydrogen) atoms. The lowest BCUT2D eigenvalue weighted by atomic mass is 10.0. The van der Waals surface area contributed by atoms with Crippen molar-refractivity contribution >= 4 is 39.1 Å². The Morgan fingerprint density at radius 1 is 0.814 bits per heavy atom. The van der Waals surface area contributed by atoms with Gasteiger partial charge >= 0.3 is 0 Å². The third kappa shape index (κ3) is 8.03. The van der Waals surface area contributed by atoms with Gasteiger partial charge < -0.3 is 10.2 Å². The lowest BCUT2D eigenvalue weighted by molar-refractivity contribution is -0.140. The molecule has 2 amide bonds. The van der Waals surface area contributed by atoms with Crippen molar-refractivity contribution in [2.45, 2.75) is 44.2 Å². The van der Waals surface area contributed by atoms with E-state index < -0.39 is 28.5 Å². The van der Waals surface area contributed by atoms with Crippen LogP contribution in [-0.2, 0) is 39.0 Å². The summed E-state index contributed by atoms with van der Waals surface area (Å²) in [5.41, 5.74) is 2.78. The van der Waals surface area contributed by atoms with E-state index in [1.807, 2.05) is 62.4 Å². The van der Waals surface area contributed by atoms with Gasteiger partial charge in [-0.25, -0.2) is 8.42 Å². The number of para-hydroxylation sites is 1. The average Bonchev–Trinajstić information content (AvgIpc) is 3.02. The quantitative estimate of drug-likeness (QED) is 0.203. The summed E-state index contributed by atoms with van der Waals surface area (Å²) in [6.45, 7) is 3.69. The number of carbonyl (C=O) groups excluding carboxylic acids is 2. The maximum Gasteiger partial charge on any atom is 0.264 e. The summed E-state index contributed by atoms with van der Waals surface area (Å²) in [5, 5.41) is 3.36. The second-order valence-corrected chi connectivity index (χ2v) is 12.4. The van der Waals surface area contributed by atoms with Gasteiger partial charge in [0.2, 0.25) is 11.8 Å². The van der Waals surface area contributed by atoms with Crippen LogP contribution in [0, 0.1) is 0 Å². The number of amides is 2. The van der Waals surface area contributed by atoms with Gasteiger partial charge in [-0.1, -0.05) is 97.4 Å². The zero-order valence-corrected chi connectivity index (χ0v) is 25.9. The van der Waals surface area contributed by atoms with Crippen LogP contribution in [0.25, 0.3) is 0 Å². The molecule has 1 atom stereocenters. The molecule has 7 nitrogen and oxygen atoms in total. The Labute approximate surface area is 259 Å². The fourth-order valence-corrected chi connectivity index (χ4v) is 6.65. The number of halogens is 1. The standard InChI is InChI=1S/C34H36ClN3O4S/c1-3-28-17-11-12-21-31(28)38(43(41,42)30-19-9-6-10-20-30)25-33(39)37(24-27-16-13-18-29(35)22-27)32(34(40)36-4-2)23-26-14-7-5-8-15-26/h5-22,32H,3-4,23-25H2,1-2H3,(H,36,40)/t32-/m0/s1. The molecule has 0 fully saturated rings. The second-order valence-electron chi connectivity index (χ2n) is 10.1. The molecule has 0 saturated carbocycles. The first kappa shape index (κ1) is 31.8. The van der Waals surface area contributed by atoms with Crippen LogP contribution in [-0.4, -0.2) is 44.3 Å². The van der Waals surface area contributed by atoms with Crippen LogP contribution in [0.15, 0.2) is 114 Å². The van der Waals surface area contributed by atoms with Crippen molar-refractivity contribution in [3.8, 4) is 0 Å². The number of nitrogens with zero attached hydrogens (tertiary/aromatic N) is 2. The third-order valence-corrected chi connectivity index (χ3v) is 9.12. The summed E-state index contributed by atoms with van der Waals surface area (Å²) < 4.78 is 29.4. The molecule has 0 saturated heterocycles. The molecule has 224 valence electrons. The van der Waals surface area contributed by atoms with Crippen molar-refractivity contribution in [1.82, 2.24) is 10.2 Å². The van der Waals surface area contributed by atoms with Crippen molar-refractivity contribution in [3.63, 3.8) is 0 Å². The van der Waals surface area contributed by atoms with Crippen LogP contribution < -0.4 is 9.62 Å². The smallest absolute Gasteiger partial charge is 0.264 e. The lowest BCUT2D eigenvalue weighted by Crippen LogP contribution is -2.53. The highest BCUT2D eigenvalue weighted by molar-refractivity contribution is 7.92. The van der Waals surface area contributed by atoms with Crippen molar-refractivity contribution in [1.29, 1.82) is 0 Å². The van der Waals surface area contributed by atoms with Crippen LogP contribution in [0.1, 0.15) is 30.5 Å². The van der Waals surface area contributed by atoms with E-state index in [4.69, 9.17) is 11.6 Å². The minimum absolute atomic E-state index is 0.0582. The van der Waals surface area contributed by atoms with E-state index in [1.54, 1.807) is 48.5 Å².